The molecule has 0 bridgehead atoms. The lowest BCUT2D eigenvalue weighted by Gasteiger charge is -2.18. The average Bonchev–Trinajstić information content (AvgIpc) is 2.40. The molecule has 0 amide bonds. The molecule has 1 aromatic heterocycles. The van der Waals surface area contributed by atoms with Gasteiger partial charge in [0.15, 0.2) is 0 Å². The van der Waals surface area contributed by atoms with E-state index in [2.05, 4.69) is 55.2 Å². The topological polar surface area (TPSA) is 63.8 Å². The van der Waals surface area contributed by atoms with Crippen LogP contribution in [0.3, 0.4) is 0 Å². The number of hydrogen-bond acceptors (Lipinski definition) is 5. The first kappa shape index (κ1) is 14.8. The SMILES string of the molecule is Cc1ccccc1Sc1cc(NN)nc(C(C)(C)C)n1. The first-order chi connectivity index (χ1) is 9.40. The van der Waals surface area contributed by atoms with Crippen molar-refractivity contribution in [2.45, 2.75) is 43.0 Å². The summed E-state index contributed by atoms with van der Waals surface area (Å²) in [5.74, 6) is 6.93. The van der Waals surface area contributed by atoms with Gasteiger partial charge in [0.1, 0.15) is 16.7 Å². The van der Waals surface area contributed by atoms with Gasteiger partial charge in [0.2, 0.25) is 0 Å². The van der Waals surface area contributed by atoms with Gasteiger partial charge in [-0.2, -0.15) is 0 Å². The van der Waals surface area contributed by atoms with Crippen LogP contribution in [0.1, 0.15) is 32.2 Å². The number of anilines is 1. The third-order valence-corrected chi connectivity index (χ3v) is 3.93. The zero-order valence-electron chi connectivity index (χ0n) is 12.3. The molecule has 2 rings (SSSR count). The molecule has 0 spiro atoms. The van der Waals surface area contributed by atoms with E-state index in [4.69, 9.17) is 5.84 Å². The van der Waals surface area contributed by atoms with Crippen molar-refractivity contribution in [2.24, 2.45) is 5.84 Å². The zero-order chi connectivity index (χ0) is 14.8. The molecule has 1 heterocycles. The minimum absolute atomic E-state index is 0.117. The Morgan fingerprint density at radius 3 is 2.45 bits per heavy atom. The third kappa shape index (κ3) is 3.49. The Kier molecular flexibility index (Phi) is 4.30. The van der Waals surface area contributed by atoms with Gasteiger partial charge in [-0.3, -0.25) is 0 Å². The molecule has 1 aromatic carbocycles. The molecule has 0 unspecified atom stereocenters. The number of nitrogen functional groups attached to an aromatic ring is 1. The summed E-state index contributed by atoms with van der Waals surface area (Å²) >= 11 is 1.63. The molecule has 0 aliphatic heterocycles. The lowest BCUT2D eigenvalue weighted by molar-refractivity contribution is 0.539. The fourth-order valence-corrected chi connectivity index (χ4v) is 2.57. The summed E-state index contributed by atoms with van der Waals surface area (Å²) in [5.41, 5.74) is 3.73. The summed E-state index contributed by atoms with van der Waals surface area (Å²) in [4.78, 5) is 10.3. The maximum absolute atomic E-state index is 5.50. The fourth-order valence-electron chi connectivity index (χ4n) is 1.67. The second-order valence-electron chi connectivity index (χ2n) is 5.68. The van der Waals surface area contributed by atoms with Gasteiger partial charge in [-0.25, -0.2) is 15.8 Å². The summed E-state index contributed by atoms with van der Waals surface area (Å²) < 4.78 is 0. The molecule has 4 nitrogen and oxygen atoms in total. The smallest absolute Gasteiger partial charge is 0.144 e. The Balaban J connectivity index is 2.39. The van der Waals surface area contributed by atoms with E-state index in [9.17, 15) is 0 Å². The molecule has 0 atom stereocenters. The number of benzene rings is 1. The summed E-state index contributed by atoms with van der Waals surface area (Å²) in [6.07, 6.45) is 0. The van der Waals surface area contributed by atoms with Crippen molar-refractivity contribution in [1.82, 2.24) is 9.97 Å². The molecule has 3 N–H and O–H groups in total. The summed E-state index contributed by atoms with van der Waals surface area (Å²) in [5, 5.41) is 0.896. The Bertz CT molecular complexity index is 605. The lowest BCUT2D eigenvalue weighted by Crippen LogP contribution is -2.19. The second kappa shape index (κ2) is 5.81. The molecule has 0 aliphatic carbocycles. The molecule has 20 heavy (non-hydrogen) atoms. The van der Waals surface area contributed by atoms with Crippen LogP contribution in [0.5, 0.6) is 0 Å². The first-order valence-corrected chi connectivity index (χ1v) is 7.31. The Morgan fingerprint density at radius 1 is 1.15 bits per heavy atom. The Morgan fingerprint density at radius 2 is 1.85 bits per heavy atom. The lowest BCUT2D eigenvalue weighted by atomic mass is 9.96. The zero-order valence-corrected chi connectivity index (χ0v) is 13.1. The van der Waals surface area contributed by atoms with E-state index in [1.807, 2.05) is 18.2 Å². The summed E-state index contributed by atoms with van der Waals surface area (Å²) in [6, 6.07) is 10.1. The largest absolute Gasteiger partial charge is 0.308 e. The monoisotopic (exact) mass is 288 g/mol. The van der Waals surface area contributed by atoms with E-state index < -0.39 is 0 Å². The Hall–Kier alpha value is -1.59. The number of nitrogens with one attached hydrogen (secondary N) is 1. The van der Waals surface area contributed by atoms with Gasteiger partial charge in [0.05, 0.1) is 0 Å². The predicted molar refractivity (Wildman–Crippen MR) is 83.8 cm³/mol. The van der Waals surface area contributed by atoms with Gasteiger partial charge in [-0.15, -0.1) is 0 Å². The minimum Gasteiger partial charge on any atom is -0.308 e. The fraction of sp³-hybridized carbons (Fsp3) is 0.333. The van der Waals surface area contributed by atoms with Crippen molar-refractivity contribution >= 4 is 17.6 Å². The minimum atomic E-state index is -0.117. The van der Waals surface area contributed by atoms with E-state index in [-0.39, 0.29) is 5.41 Å². The van der Waals surface area contributed by atoms with Crippen LogP contribution in [-0.2, 0) is 5.41 Å². The summed E-state index contributed by atoms with van der Waals surface area (Å²) in [7, 11) is 0. The van der Waals surface area contributed by atoms with Gasteiger partial charge in [-0.1, -0.05) is 50.7 Å². The molecule has 0 saturated heterocycles. The number of rotatable bonds is 3. The number of aromatic nitrogens is 2. The predicted octanol–water partition coefficient (Wildman–Crippen LogP) is 3.52. The summed E-state index contributed by atoms with van der Waals surface area (Å²) in [6.45, 7) is 8.36. The molecular weight excluding hydrogens is 268 g/mol. The highest BCUT2D eigenvalue weighted by molar-refractivity contribution is 7.99. The number of nitrogens with zero attached hydrogens (tertiary/aromatic N) is 2. The molecule has 0 radical (unpaired) electrons. The van der Waals surface area contributed by atoms with Gasteiger partial charge in [0.25, 0.3) is 0 Å². The average molecular weight is 288 g/mol. The van der Waals surface area contributed by atoms with Crippen molar-refractivity contribution < 1.29 is 0 Å². The van der Waals surface area contributed by atoms with E-state index in [0.29, 0.717) is 5.82 Å². The highest BCUT2D eigenvalue weighted by atomic mass is 32.2. The maximum Gasteiger partial charge on any atom is 0.144 e. The molecule has 5 heteroatoms. The molecule has 0 saturated carbocycles. The van der Waals surface area contributed by atoms with E-state index in [1.54, 1.807) is 11.8 Å². The van der Waals surface area contributed by atoms with E-state index in [1.165, 1.54) is 10.5 Å². The molecule has 106 valence electrons. The molecule has 0 aliphatic rings. The highest BCUT2D eigenvalue weighted by Gasteiger charge is 2.19. The normalized spacial score (nSPS) is 11.4. The second-order valence-corrected chi connectivity index (χ2v) is 6.74. The van der Waals surface area contributed by atoms with Crippen molar-refractivity contribution in [3.63, 3.8) is 0 Å². The quantitative estimate of drug-likeness (QED) is 0.514. The number of nitrogens with two attached hydrogens (primary N) is 1. The van der Waals surface area contributed by atoms with Crippen molar-refractivity contribution in [3.8, 4) is 0 Å². The van der Waals surface area contributed by atoms with Gasteiger partial charge in [-0.05, 0) is 18.6 Å². The van der Waals surface area contributed by atoms with Gasteiger partial charge in [0, 0.05) is 16.4 Å². The van der Waals surface area contributed by atoms with Crippen LogP contribution in [0.2, 0.25) is 0 Å². The molecule has 0 fully saturated rings. The van der Waals surface area contributed by atoms with Crippen LogP contribution in [0.4, 0.5) is 5.82 Å². The van der Waals surface area contributed by atoms with Crippen molar-refractivity contribution in [3.05, 3.63) is 41.7 Å². The standard InChI is InChI=1S/C15H20N4S/c1-10-7-5-6-8-11(10)20-13-9-12(19-16)17-14(18-13)15(2,3)4/h5-9H,16H2,1-4H3,(H,17,18,19). The van der Waals surface area contributed by atoms with E-state index >= 15 is 0 Å². The van der Waals surface area contributed by atoms with Crippen LogP contribution in [-0.4, -0.2) is 9.97 Å². The Labute approximate surface area is 124 Å². The van der Waals surface area contributed by atoms with Crippen LogP contribution in [0, 0.1) is 6.92 Å². The highest BCUT2D eigenvalue weighted by Crippen LogP contribution is 2.31. The molecule has 2 aromatic rings. The van der Waals surface area contributed by atoms with Gasteiger partial charge >= 0.3 is 0 Å². The number of aryl methyl sites for hydroxylation is 1. The van der Waals surface area contributed by atoms with Crippen molar-refractivity contribution in [1.29, 1.82) is 0 Å². The molecular formula is C15H20N4S. The number of hydrogen-bond donors (Lipinski definition) is 2. The van der Waals surface area contributed by atoms with E-state index in [0.717, 1.165) is 10.9 Å². The number of hydrazine groups is 1. The maximum atomic E-state index is 5.50. The van der Waals surface area contributed by atoms with Gasteiger partial charge < -0.3 is 5.43 Å². The third-order valence-electron chi connectivity index (χ3n) is 2.83. The van der Waals surface area contributed by atoms with Crippen molar-refractivity contribution in [2.75, 3.05) is 5.43 Å². The van der Waals surface area contributed by atoms with Crippen LogP contribution in [0.25, 0.3) is 0 Å². The van der Waals surface area contributed by atoms with Crippen LogP contribution in [0.15, 0.2) is 40.3 Å². The first-order valence-electron chi connectivity index (χ1n) is 6.50. The van der Waals surface area contributed by atoms with Crippen LogP contribution < -0.4 is 11.3 Å². The van der Waals surface area contributed by atoms with Crippen LogP contribution >= 0.6 is 11.8 Å².